The predicted octanol–water partition coefficient (Wildman–Crippen LogP) is 5.48. The second kappa shape index (κ2) is 6.14. The van der Waals surface area contributed by atoms with Gasteiger partial charge < -0.3 is 0 Å². The molecule has 2 heteroatoms. The average molecular weight is 262 g/mol. The molecule has 1 aromatic carbocycles. The molecule has 19 heavy (non-hydrogen) atoms. The van der Waals surface area contributed by atoms with Crippen LogP contribution in [0.3, 0.4) is 0 Å². The zero-order valence-corrected chi connectivity index (χ0v) is 11.3. The van der Waals surface area contributed by atoms with Crippen molar-refractivity contribution in [3.05, 3.63) is 60.0 Å². The van der Waals surface area contributed by atoms with E-state index < -0.39 is 11.6 Å². The Bertz CT molecular complexity index is 461. The van der Waals surface area contributed by atoms with E-state index in [4.69, 9.17) is 0 Å². The smallest absolute Gasteiger partial charge is 0.150 e. The maximum atomic E-state index is 14.4. The van der Waals surface area contributed by atoms with Crippen LogP contribution in [0.4, 0.5) is 8.78 Å². The number of unbranched alkanes of at least 4 members (excludes halogenated alkanes) is 2. The van der Waals surface area contributed by atoms with Gasteiger partial charge in [-0.05, 0) is 30.6 Å². The van der Waals surface area contributed by atoms with Gasteiger partial charge in [0.25, 0.3) is 0 Å². The fourth-order valence-corrected chi connectivity index (χ4v) is 2.45. The monoisotopic (exact) mass is 262 g/mol. The van der Waals surface area contributed by atoms with Gasteiger partial charge in [0.1, 0.15) is 11.5 Å². The van der Waals surface area contributed by atoms with E-state index in [1.165, 1.54) is 6.08 Å². The second-order valence-corrected chi connectivity index (χ2v) is 5.16. The first kappa shape index (κ1) is 14.0. The van der Waals surface area contributed by atoms with Crippen molar-refractivity contribution in [1.29, 1.82) is 0 Å². The lowest BCUT2D eigenvalue weighted by atomic mass is 9.86. The van der Waals surface area contributed by atoms with Crippen LogP contribution in [-0.2, 0) is 0 Å². The Morgan fingerprint density at radius 1 is 1.16 bits per heavy atom. The van der Waals surface area contributed by atoms with E-state index in [0.717, 1.165) is 30.9 Å². The Kier molecular flexibility index (Phi) is 4.52. The molecule has 2 atom stereocenters. The lowest BCUT2D eigenvalue weighted by molar-refractivity contribution is 0.260. The lowest BCUT2D eigenvalue weighted by Gasteiger charge is -2.25. The van der Waals surface area contributed by atoms with E-state index in [2.05, 4.69) is 6.92 Å². The van der Waals surface area contributed by atoms with Gasteiger partial charge in [-0.3, -0.25) is 0 Å². The van der Waals surface area contributed by atoms with Crippen LogP contribution in [0, 0.1) is 0 Å². The third-order valence-electron chi connectivity index (χ3n) is 3.56. The summed E-state index contributed by atoms with van der Waals surface area (Å²) in [5, 5.41) is 0. The lowest BCUT2D eigenvalue weighted by Crippen LogP contribution is -2.21. The minimum Gasteiger partial charge on any atom is -0.235 e. The summed E-state index contributed by atoms with van der Waals surface area (Å²) < 4.78 is 28.5. The highest BCUT2D eigenvalue weighted by Crippen LogP contribution is 2.37. The number of allylic oxidation sites excluding steroid dienone is 4. The van der Waals surface area contributed by atoms with Gasteiger partial charge in [-0.15, -0.1) is 0 Å². The first-order valence-electron chi connectivity index (χ1n) is 6.96. The summed E-state index contributed by atoms with van der Waals surface area (Å²) in [6.07, 6.45) is 7.50. The zero-order valence-electron chi connectivity index (χ0n) is 11.3. The van der Waals surface area contributed by atoms with E-state index in [9.17, 15) is 8.78 Å². The van der Waals surface area contributed by atoms with Gasteiger partial charge in [0, 0.05) is 0 Å². The molecule has 0 nitrogen and oxygen atoms in total. The van der Waals surface area contributed by atoms with Crippen LogP contribution in [0.15, 0.2) is 54.4 Å². The van der Waals surface area contributed by atoms with Crippen LogP contribution in [0.2, 0.25) is 0 Å². The van der Waals surface area contributed by atoms with Gasteiger partial charge in [0.05, 0.1) is 5.92 Å². The second-order valence-electron chi connectivity index (χ2n) is 5.16. The van der Waals surface area contributed by atoms with Crippen molar-refractivity contribution < 1.29 is 8.78 Å². The maximum absolute atomic E-state index is 14.4. The number of alkyl halides is 1. The summed E-state index contributed by atoms with van der Waals surface area (Å²) in [4.78, 5) is 0. The quantitative estimate of drug-likeness (QED) is 0.486. The van der Waals surface area contributed by atoms with Crippen molar-refractivity contribution in [2.24, 2.45) is 0 Å². The molecule has 0 heterocycles. The molecule has 0 saturated heterocycles. The van der Waals surface area contributed by atoms with E-state index >= 15 is 0 Å². The van der Waals surface area contributed by atoms with Crippen molar-refractivity contribution >= 4 is 0 Å². The summed E-state index contributed by atoms with van der Waals surface area (Å²) in [6, 6.07) is 9.36. The van der Waals surface area contributed by atoms with E-state index in [1.807, 2.05) is 30.3 Å². The van der Waals surface area contributed by atoms with Crippen LogP contribution in [0.25, 0.3) is 0 Å². The molecule has 0 saturated carbocycles. The molecule has 1 aliphatic rings. The van der Waals surface area contributed by atoms with Crippen molar-refractivity contribution in [2.45, 2.75) is 44.2 Å². The van der Waals surface area contributed by atoms with Crippen LogP contribution in [0.1, 0.15) is 44.1 Å². The fraction of sp³-hybridized carbons (Fsp3) is 0.412. The Morgan fingerprint density at radius 3 is 2.53 bits per heavy atom. The molecule has 0 N–H and O–H groups in total. The molecule has 0 aliphatic heterocycles. The summed E-state index contributed by atoms with van der Waals surface area (Å²) in [7, 11) is 0. The Hall–Kier alpha value is -1.44. The molecule has 0 bridgehead atoms. The highest BCUT2D eigenvalue weighted by atomic mass is 19.1. The van der Waals surface area contributed by atoms with Gasteiger partial charge in [-0.2, -0.15) is 0 Å². The van der Waals surface area contributed by atoms with E-state index in [-0.39, 0.29) is 5.83 Å². The van der Waals surface area contributed by atoms with Gasteiger partial charge >= 0.3 is 0 Å². The van der Waals surface area contributed by atoms with Crippen LogP contribution in [0.5, 0.6) is 0 Å². The highest BCUT2D eigenvalue weighted by molar-refractivity contribution is 5.37. The summed E-state index contributed by atoms with van der Waals surface area (Å²) in [5.74, 6) is -0.816. The van der Waals surface area contributed by atoms with E-state index in [1.54, 1.807) is 6.08 Å². The highest BCUT2D eigenvalue weighted by Gasteiger charge is 2.30. The van der Waals surface area contributed by atoms with Gasteiger partial charge in [0.2, 0.25) is 0 Å². The minimum absolute atomic E-state index is 0.367. The van der Waals surface area contributed by atoms with Gasteiger partial charge in [-0.1, -0.05) is 56.2 Å². The summed E-state index contributed by atoms with van der Waals surface area (Å²) >= 11 is 0. The molecule has 2 unspecified atom stereocenters. The van der Waals surface area contributed by atoms with Gasteiger partial charge in [-0.25, -0.2) is 8.78 Å². The van der Waals surface area contributed by atoms with E-state index in [0.29, 0.717) is 6.42 Å². The largest absolute Gasteiger partial charge is 0.235 e. The third kappa shape index (κ3) is 3.52. The van der Waals surface area contributed by atoms with Crippen LogP contribution < -0.4 is 0 Å². The molecule has 2 rings (SSSR count). The normalized spacial score (nSPS) is 26.3. The van der Waals surface area contributed by atoms with Crippen molar-refractivity contribution in [3.8, 4) is 0 Å². The molecule has 1 aromatic rings. The first-order valence-corrected chi connectivity index (χ1v) is 6.96. The molecular formula is C17H20F2. The maximum Gasteiger partial charge on any atom is 0.150 e. The number of hydrogen-bond donors (Lipinski definition) is 0. The third-order valence-corrected chi connectivity index (χ3v) is 3.56. The molecule has 0 fully saturated rings. The van der Waals surface area contributed by atoms with Crippen molar-refractivity contribution in [2.75, 3.05) is 0 Å². The topological polar surface area (TPSA) is 0 Å². The Balaban J connectivity index is 2.09. The number of rotatable bonds is 5. The number of halogens is 2. The predicted molar refractivity (Wildman–Crippen MR) is 75.5 cm³/mol. The van der Waals surface area contributed by atoms with Gasteiger partial charge in [0.15, 0.2) is 0 Å². The molecule has 0 radical (unpaired) electrons. The Labute approximate surface area is 113 Å². The van der Waals surface area contributed by atoms with Crippen LogP contribution in [-0.4, -0.2) is 5.67 Å². The SMILES string of the molecule is CCCCCC1(F)C=CC(c2ccccc2)C(F)=C1. The Morgan fingerprint density at radius 2 is 1.89 bits per heavy atom. The average Bonchev–Trinajstić information content (AvgIpc) is 2.40. The zero-order chi connectivity index (χ0) is 13.7. The molecule has 1 aliphatic carbocycles. The summed E-state index contributed by atoms with van der Waals surface area (Å²) in [6.45, 7) is 2.07. The van der Waals surface area contributed by atoms with Crippen molar-refractivity contribution in [1.82, 2.24) is 0 Å². The minimum atomic E-state index is -1.61. The molecule has 102 valence electrons. The van der Waals surface area contributed by atoms with Crippen LogP contribution >= 0.6 is 0 Å². The number of hydrogen-bond acceptors (Lipinski definition) is 0. The molecular weight excluding hydrogens is 242 g/mol. The number of benzene rings is 1. The van der Waals surface area contributed by atoms with Crippen molar-refractivity contribution in [3.63, 3.8) is 0 Å². The standard InChI is InChI=1S/C17H20F2/c1-2-3-7-11-17(19)12-10-15(16(18)13-17)14-8-5-4-6-9-14/h4-6,8-10,12-13,15H,2-3,7,11H2,1H3. The summed E-state index contributed by atoms with van der Waals surface area (Å²) in [5.41, 5.74) is -0.743. The molecule has 0 spiro atoms. The fourth-order valence-electron chi connectivity index (χ4n) is 2.45. The first-order chi connectivity index (χ1) is 9.14. The molecule has 0 amide bonds. The molecule has 0 aromatic heterocycles.